The minimum Gasteiger partial charge on any atom is -0.382 e. The number of hydrogen-bond acceptors (Lipinski definition) is 3. The van der Waals surface area contributed by atoms with E-state index in [9.17, 15) is 8.78 Å². The lowest BCUT2D eigenvalue weighted by atomic mass is 10.3. The van der Waals surface area contributed by atoms with Gasteiger partial charge in [-0.3, -0.25) is 0 Å². The van der Waals surface area contributed by atoms with Crippen LogP contribution in [0, 0.1) is 18.6 Å². The third kappa shape index (κ3) is 3.23. The van der Waals surface area contributed by atoms with Gasteiger partial charge in [0.25, 0.3) is 0 Å². The zero-order valence-electron chi connectivity index (χ0n) is 9.34. The van der Waals surface area contributed by atoms with Gasteiger partial charge < -0.3 is 5.32 Å². The van der Waals surface area contributed by atoms with Crippen molar-refractivity contribution in [2.75, 3.05) is 11.9 Å². The maximum absolute atomic E-state index is 13.3. The molecule has 0 aliphatic rings. The molecule has 0 aliphatic heterocycles. The van der Waals surface area contributed by atoms with Crippen LogP contribution >= 0.6 is 11.3 Å². The molecule has 0 saturated carbocycles. The van der Waals surface area contributed by atoms with E-state index in [4.69, 9.17) is 0 Å². The van der Waals surface area contributed by atoms with E-state index in [1.165, 1.54) is 0 Å². The summed E-state index contributed by atoms with van der Waals surface area (Å²) in [4.78, 5) is 4.29. The summed E-state index contributed by atoms with van der Waals surface area (Å²) in [5.41, 5.74) is 1.18. The number of rotatable bonds is 4. The summed E-state index contributed by atoms with van der Waals surface area (Å²) in [6.45, 7) is 2.47. The molecule has 1 aromatic heterocycles. The maximum atomic E-state index is 13.3. The van der Waals surface area contributed by atoms with Gasteiger partial charge in [0, 0.05) is 24.0 Å². The molecule has 0 bridgehead atoms. The lowest BCUT2D eigenvalue weighted by Gasteiger charge is -2.06. The van der Waals surface area contributed by atoms with Crippen LogP contribution in [0.1, 0.15) is 10.7 Å². The molecule has 2 rings (SSSR count). The van der Waals surface area contributed by atoms with Crippen LogP contribution in [-0.4, -0.2) is 11.5 Å². The molecule has 0 aliphatic carbocycles. The summed E-state index contributed by atoms with van der Waals surface area (Å²) in [5.74, 6) is -0.888. The van der Waals surface area contributed by atoms with E-state index in [0.29, 0.717) is 13.0 Å². The van der Waals surface area contributed by atoms with Crippen LogP contribution in [0.15, 0.2) is 23.6 Å². The smallest absolute Gasteiger partial charge is 0.146 e. The summed E-state index contributed by atoms with van der Waals surface area (Å²) >= 11 is 1.57. The van der Waals surface area contributed by atoms with Crippen LogP contribution in [0.25, 0.3) is 0 Å². The molecule has 2 nitrogen and oxygen atoms in total. The highest BCUT2D eigenvalue weighted by Crippen LogP contribution is 2.15. The third-order valence-corrected chi connectivity index (χ3v) is 3.28. The molecular formula is C12H12F2N2S. The zero-order chi connectivity index (χ0) is 12.3. The SMILES string of the molecule is Cc1csc(CCNc2cc(F)ccc2F)n1. The van der Waals surface area contributed by atoms with E-state index in [1.807, 2.05) is 12.3 Å². The van der Waals surface area contributed by atoms with Gasteiger partial charge in [-0.15, -0.1) is 11.3 Å². The van der Waals surface area contributed by atoms with Crippen molar-refractivity contribution >= 4 is 17.0 Å². The van der Waals surface area contributed by atoms with E-state index in [-0.39, 0.29) is 5.69 Å². The summed E-state index contributed by atoms with van der Waals surface area (Å²) < 4.78 is 26.1. The van der Waals surface area contributed by atoms with Crippen LogP contribution in [0.3, 0.4) is 0 Å². The summed E-state index contributed by atoms with van der Waals surface area (Å²) in [6.07, 6.45) is 0.703. The highest BCUT2D eigenvalue weighted by molar-refractivity contribution is 7.09. The lowest BCUT2D eigenvalue weighted by Crippen LogP contribution is -2.06. The van der Waals surface area contributed by atoms with E-state index in [0.717, 1.165) is 28.9 Å². The molecule has 0 unspecified atom stereocenters. The van der Waals surface area contributed by atoms with E-state index >= 15 is 0 Å². The Bertz CT molecular complexity index is 511. The molecule has 1 heterocycles. The summed E-state index contributed by atoms with van der Waals surface area (Å²) in [5, 5.41) is 5.83. The molecule has 90 valence electrons. The molecule has 5 heteroatoms. The van der Waals surface area contributed by atoms with Crippen LogP contribution in [0.5, 0.6) is 0 Å². The fourth-order valence-electron chi connectivity index (χ4n) is 1.45. The molecule has 2 aromatic rings. The molecule has 0 radical (unpaired) electrons. The Hall–Kier alpha value is -1.49. The second-order valence-corrected chi connectivity index (χ2v) is 4.63. The molecule has 0 fully saturated rings. The van der Waals surface area contributed by atoms with Crippen LogP contribution < -0.4 is 5.32 Å². The molecule has 0 atom stereocenters. The Morgan fingerprint density at radius 1 is 1.35 bits per heavy atom. The largest absolute Gasteiger partial charge is 0.382 e. The van der Waals surface area contributed by atoms with Gasteiger partial charge >= 0.3 is 0 Å². The molecular weight excluding hydrogens is 242 g/mol. The first kappa shape index (κ1) is 12.0. The van der Waals surface area contributed by atoms with Gasteiger partial charge in [-0.2, -0.15) is 0 Å². The third-order valence-electron chi connectivity index (χ3n) is 2.25. The maximum Gasteiger partial charge on any atom is 0.146 e. The van der Waals surface area contributed by atoms with Crippen molar-refractivity contribution in [3.05, 3.63) is 45.9 Å². The van der Waals surface area contributed by atoms with E-state index in [2.05, 4.69) is 10.3 Å². The van der Waals surface area contributed by atoms with Gasteiger partial charge in [-0.25, -0.2) is 13.8 Å². The van der Waals surface area contributed by atoms with Crippen LogP contribution in [-0.2, 0) is 6.42 Å². The van der Waals surface area contributed by atoms with Crippen molar-refractivity contribution in [1.29, 1.82) is 0 Å². The molecule has 0 spiro atoms. The van der Waals surface area contributed by atoms with Gasteiger partial charge in [0.15, 0.2) is 0 Å². The zero-order valence-corrected chi connectivity index (χ0v) is 10.2. The minimum atomic E-state index is -0.445. The highest BCUT2D eigenvalue weighted by Gasteiger charge is 2.04. The molecule has 1 aromatic carbocycles. The number of anilines is 1. The van der Waals surface area contributed by atoms with E-state index in [1.54, 1.807) is 11.3 Å². The quantitative estimate of drug-likeness (QED) is 0.904. The number of thiazole rings is 1. The topological polar surface area (TPSA) is 24.9 Å². The number of benzene rings is 1. The van der Waals surface area contributed by atoms with Crippen molar-refractivity contribution < 1.29 is 8.78 Å². The first-order valence-corrected chi connectivity index (χ1v) is 6.13. The second-order valence-electron chi connectivity index (χ2n) is 3.68. The lowest BCUT2D eigenvalue weighted by molar-refractivity contribution is 0.602. The molecule has 17 heavy (non-hydrogen) atoms. The second kappa shape index (κ2) is 5.23. The van der Waals surface area contributed by atoms with Gasteiger partial charge in [0.2, 0.25) is 0 Å². The number of nitrogens with zero attached hydrogens (tertiary/aromatic N) is 1. The predicted octanol–water partition coefficient (Wildman–Crippen LogP) is 3.38. The number of hydrogen-bond donors (Lipinski definition) is 1. The van der Waals surface area contributed by atoms with Crippen LogP contribution in [0.2, 0.25) is 0 Å². The van der Waals surface area contributed by atoms with Gasteiger partial charge in [0.1, 0.15) is 11.6 Å². The van der Waals surface area contributed by atoms with Crippen molar-refractivity contribution in [3.8, 4) is 0 Å². The average Bonchev–Trinajstić information content (AvgIpc) is 2.69. The molecule has 0 saturated heterocycles. The van der Waals surface area contributed by atoms with Crippen molar-refractivity contribution in [1.82, 2.24) is 4.98 Å². The van der Waals surface area contributed by atoms with Gasteiger partial charge in [-0.1, -0.05) is 0 Å². The summed E-state index contributed by atoms with van der Waals surface area (Å²) in [7, 11) is 0. The number of halogens is 2. The van der Waals surface area contributed by atoms with E-state index < -0.39 is 11.6 Å². The monoisotopic (exact) mass is 254 g/mol. The Morgan fingerprint density at radius 2 is 2.18 bits per heavy atom. The Kier molecular flexibility index (Phi) is 3.68. The Labute approximate surface area is 102 Å². The van der Waals surface area contributed by atoms with Gasteiger partial charge in [-0.05, 0) is 25.1 Å². The number of aryl methyl sites for hydroxylation is 1. The van der Waals surface area contributed by atoms with Crippen molar-refractivity contribution in [2.24, 2.45) is 0 Å². The average molecular weight is 254 g/mol. The number of nitrogens with one attached hydrogen (secondary N) is 1. The first-order chi connectivity index (χ1) is 8.15. The predicted molar refractivity (Wildman–Crippen MR) is 65.4 cm³/mol. The normalized spacial score (nSPS) is 10.5. The Balaban J connectivity index is 1.91. The molecule has 0 amide bonds. The van der Waals surface area contributed by atoms with Crippen molar-refractivity contribution in [3.63, 3.8) is 0 Å². The van der Waals surface area contributed by atoms with Crippen LogP contribution in [0.4, 0.5) is 14.5 Å². The van der Waals surface area contributed by atoms with Gasteiger partial charge in [0.05, 0.1) is 10.7 Å². The minimum absolute atomic E-state index is 0.193. The highest BCUT2D eigenvalue weighted by atomic mass is 32.1. The van der Waals surface area contributed by atoms with Crippen molar-refractivity contribution in [2.45, 2.75) is 13.3 Å². The first-order valence-electron chi connectivity index (χ1n) is 5.25. The summed E-state index contributed by atoms with van der Waals surface area (Å²) in [6, 6.07) is 3.37. The Morgan fingerprint density at radius 3 is 2.88 bits per heavy atom. The fourth-order valence-corrected chi connectivity index (χ4v) is 2.23. The standard InChI is InChI=1S/C12H12F2N2S/c1-8-7-17-12(16-8)4-5-15-11-6-9(13)2-3-10(11)14/h2-3,6-7,15H,4-5H2,1H3. The number of aromatic nitrogens is 1. The fraction of sp³-hybridized carbons (Fsp3) is 0.250. The molecule has 1 N–H and O–H groups in total.